The van der Waals surface area contributed by atoms with E-state index in [1.807, 2.05) is 12.1 Å². The first kappa shape index (κ1) is 14.7. The molecule has 0 saturated carbocycles. The fourth-order valence-electron chi connectivity index (χ4n) is 2.92. The molecular weight excluding hydrogens is 272 g/mol. The molecule has 114 valence electrons. The summed E-state index contributed by atoms with van der Waals surface area (Å²) in [4.78, 5) is 0. The Hall–Kier alpha value is -2.26. The third kappa shape index (κ3) is 2.72. The highest BCUT2D eigenvalue weighted by molar-refractivity contribution is 5.85. The lowest BCUT2D eigenvalue weighted by Gasteiger charge is -2.10. The van der Waals surface area contributed by atoms with Crippen LogP contribution < -0.4 is 10.5 Å². The number of nitrogens with two attached hydrogens (primary N) is 1. The Bertz CT molecular complexity index is 772. The molecule has 0 amide bonds. The Kier molecular flexibility index (Phi) is 4.16. The van der Waals surface area contributed by atoms with Crippen LogP contribution in [-0.2, 0) is 20.1 Å². The van der Waals surface area contributed by atoms with E-state index in [0.29, 0.717) is 13.2 Å². The molecule has 3 aromatic rings. The van der Waals surface area contributed by atoms with Crippen molar-refractivity contribution in [1.82, 2.24) is 4.57 Å². The van der Waals surface area contributed by atoms with Crippen molar-refractivity contribution in [3.8, 4) is 5.75 Å². The lowest BCUT2D eigenvalue weighted by atomic mass is 10.1. The number of ether oxygens (including phenoxy) is 1. The largest absolute Gasteiger partial charge is 0.487 e. The number of aryl methyl sites for hydroxylation is 2. The van der Waals surface area contributed by atoms with Gasteiger partial charge in [0.05, 0.1) is 5.69 Å². The number of fused-ring (bicyclic) bond motifs is 1. The van der Waals surface area contributed by atoms with Crippen molar-refractivity contribution in [3.05, 3.63) is 65.4 Å². The fraction of sp³-hybridized carbons (Fsp3) is 0.263. The number of rotatable bonds is 5. The van der Waals surface area contributed by atoms with E-state index >= 15 is 0 Å². The maximum absolute atomic E-state index is 5.98. The molecule has 0 saturated heterocycles. The molecule has 3 nitrogen and oxygen atoms in total. The van der Waals surface area contributed by atoms with Crippen LogP contribution in [0.3, 0.4) is 0 Å². The predicted molar refractivity (Wildman–Crippen MR) is 91.2 cm³/mol. The minimum atomic E-state index is 0.559. The molecular formula is C19H22N2O. The van der Waals surface area contributed by atoms with Gasteiger partial charge in [-0.15, -0.1) is 0 Å². The van der Waals surface area contributed by atoms with Gasteiger partial charge in [0.15, 0.2) is 0 Å². The zero-order valence-corrected chi connectivity index (χ0v) is 13.2. The van der Waals surface area contributed by atoms with Crippen molar-refractivity contribution >= 4 is 10.9 Å². The van der Waals surface area contributed by atoms with Crippen molar-refractivity contribution in [2.75, 3.05) is 6.54 Å². The smallest absolute Gasteiger partial charge is 0.128 e. The molecule has 0 atom stereocenters. The molecule has 2 N–H and O–H groups in total. The van der Waals surface area contributed by atoms with Crippen LogP contribution in [0.2, 0.25) is 0 Å². The van der Waals surface area contributed by atoms with Crippen LogP contribution in [0.15, 0.2) is 48.5 Å². The standard InChI is InChI=1S/C19H22N2O/c1-14-7-9-15(10-8-14)22-13-19-17(11-12-20)16-5-3-4-6-18(16)21(19)2/h3-10H,11-13,20H2,1-2H3. The summed E-state index contributed by atoms with van der Waals surface area (Å²) in [6, 6.07) is 16.6. The summed E-state index contributed by atoms with van der Waals surface area (Å²) in [5, 5.41) is 1.28. The van der Waals surface area contributed by atoms with Gasteiger partial charge in [0, 0.05) is 18.0 Å². The van der Waals surface area contributed by atoms with Gasteiger partial charge < -0.3 is 15.0 Å². The van der Waals surface area contributed by atoms with E-state index in [1.165, 1.54) is 27.7 Å². The number of nitrogens with zero attached hydrogens (tertiary/aromatic N) is 1. The van der Waals surface area contributed by atoms with Crippen molar-refractivity contribution in [1.29, 1.82) is 0 Å². The first-order valence-electron chi connectivity index (χ1n) is 7.65. The molecule has 22 heavy (non-hydrogen) atoms. The molecule has 3 heteroatoms. The van der Waals surface area contributed by atoms with Crippen molar-refractivity contribution in [2.45, 2.75) is 20.0 Å². The maximum atomic E-state index is 5.98. The predicted octanol–water partition coefficient (Wildman–Crippen LogP) is 3.57. The number of benzene rings is 2. The molecule has 3 rings (SSSR count). The molecule has 0 aliphatic rings. The SMILES string of the molecule is Cc1ccc(OCc2c(CCN)c3ccccc3n2C)cc1. The van der Waals surface area contributed by atoms with Gasteiger partial charge in [-0.25, -0.2) is 0 Å². The van der Waals surface area contributed by atoms with Gasteiger partial charge in [0.2, 0.25) is 0 Å². The van der Waals surface area contributed by atoms with Gasteiger partial charge >= 0.3 is 0 Å². The van der Waals surface area contributed by atoms with E-state index in [-0.39, 0.29) is 0 Å². The van der Waals surface area contributed by atoms with Crippen LogP contribution in [0.25, 0.3) is 10.9 Å². The highest BCUT2D eigenvalue weighted by atomic mass is 16.5. The summed E-state index contributed by atoms with van der Waals surface area (Å²) in [7, 11) is 2.09. The van der Waals surface area contributed by atoms with E-state index in [4.69, 9.17) is 10.5 Å². The summed E-state index contributed by atoms with van der Waals surface area (Å²) < 4.78 is 8.20. The zero-order chi connectivity index (χ0) is 15.5. The van der Waals surface area contributed by atoms with Gasteiger partial charge in [-0.1, -0.05) is 35.9 Å². The van der Waals surface area contributed by atoms with Crippen LogP contribution >= 0.6 is 0 Å². The molecule has 0 spiro atoms. The Morgan fingerprint density at radius 2 is 1.77 bits per heavy atom. The topological polar surface area (TPSA) is 40.2 Å². The normalized spacial score (nSPS) is 11.0. The minimum Gasteiger partial charge on any atom is -0.487 e. The van der Waals surface area contributed by atoms with Gasteiger partial charge in [0.25, 0.3) is 0 Å². The molecule has 1 aromatic heterocycles. The van der Waals surface area contributed by atoms with Gasteiger partial charge in [-0.05, 0) is 43.7 Å². The maximum Gasteiger partial charge on any atom is 0.128 e. The average Bonchev–Trinajstić information content (AvgIpc) is 2.80. The molecule has 0 radical (unpaired) electrons. The third-order valence-electron chi connectivity index (χ3n) is 4.13. The Labute approximate surface area is 131 Å². The quantitative estimate of drug-likeness (QED) is 0.781. The van der Waals surface area contributed by atoms with Crippen LogP contribution in [-0.4, -0.2) is 11.1 Å². The lowest BCUT2D eigenvalue weighted by Crippen LogP contribution is -2.08. The number of aromatic nitrogens is 1. The molecule has 0 bridgehead atoms. The second-order valence-corrected chi connectivity index (χ2v) is 5.64. The van der Waals surface area contributed by atoms with Crippen LogP contribution in [0.5, 0.6) is 5.75 Å². The van der Waals surface area contributed by atoms with Gasteiger partial charge in [0.1, 0.15) is 12.4 Å². The van der Waals surface area contributed by atoms with Crippen molar-refractivity contribution < 1.29 is 4.74 Å². The lowest BCUT2D eigenvalue weighted by molar-refractivity contribution is 0.296. The van der Waals surface area contributed by atoms with E-state index in [9.17, 15) is 0 Å². The second-order valence-electron chi connectivity index (χ2n) is 5.64. The Balaban J connectivity index is 1.93. The highest BCUT2D eigenvalue weighted by Crippen LogP contribution is 2.26. The highest BCUT2D eigenvalue weighted by Gasteiger charge is 2.14. The van der Waals surface area contributed by atoms with Crippen LogP contribution in [0.4, 0.5) is 0 Å². The first-order chi connectivity index (χ1) is 10.7. The number of para-hydroxylation sites is 1. The molecule has 0 aliphatic carbocycles. The van der Waals surface area contributed by atoms with E-state index in [0.717, 1.165) is 12.2 Å². The average molecular weight is 294 g/mol. The Morgan fingerprint density at radius 3 is 2.50 bits per heavy atom. The fourth-order valence-corrected chi connectivity index (χ4v) is 2.92. The number of hydrogen-bond donors (Lipinski definition) is 1. The molecule has 2 aromatic carbocycles. The summed E-state index contributed by atoms with van der Waals surface area (Å²) in [6.45, 7) is 3.28. The Morgan fingerprint density at radius 1 is 1.05 bits per heavy atom. The van der Waals surface area contributed by atoms with E-state index in [2.05, 4.69) is 54.9 Å². The van der Waals surface area contributed by atoms with Crippen molar-refractivity contribution in [2.24, 2.45) is 12.8 Å². The van der Waals surface area contributed by atoms with Crippen LogP contribution in [0, 0.1) is 6.92 Å². The second kappa shape index (κ2) is 6.24. The number of hydrogen-bond acceptors (Lipinski definition) is 2. The summed E-state index contributed by atoms with van der Waals surface area (Å²) in [5.74, 6) is 0.898. The van der Waals surface area contributed by atoms with E-state index in [1.54, 1.807) is 0 Å². The van der Waals surface area contributed by atoms with E-state index < -0.39 is 0 Å². The molecule has 0 unspecified atom stereocenters. The zero-order valence-electron chi connectivity index (χ0n) is 13.2. The van der Waals surface area contributed by atoms with Gasteiger partial charge in [-0.3, -0.25) is 0 Å². The minimum absolute atomic E-state index is 0.559. The van der Waals surface area contributed by atoms with Crippen LogP contribution in [0.1, 0.15) is 16.8 Å². The third-order valence-corrected chi connectivity index (χ3v) is 4.13. The molecule has 0 aliphatic heterocycles. The molecule has 1 heterocycles. The monoisotopic (exact) mass is 294 g/mol. The molecule has 0 fully saturated rings. The van der Waals surface area contributed by atoms with Crippen molar-refractivity contribution in [3.63, 3.8) is 0 Å². The summed E-state index contributed by atoms with van der Waals surface area (Å²) in [6.07, 6.45) is 0.869. The summed E-state index contributed by atoms with van der Waals surface area (Å²) in [5.41, 5.74) is 10.8. The summed E-state index contributed by atoms with van der Waals surface area (Å²) >= 11 is 0. The van der Waals surface area contributed by atoms with Gasteiger partial charge in [-0.2, -0.15) is 0 Å². The first-order valence-corrected chi connectivity index (χ1v) is 7.65.